The normalized spacial score (nSPS) is 11.4. The van der Waals surface area contributed by atoms with Crippen LogP contribution < -0.4 is 10.6 Å². The van der Waals surface area contributed by atoms with Crippen LogP contribution in [0.15, 0.2) is 24.3 Å². The number of hydrogen-bond donors (Lipinski definition) is 3. The van der Waals surface area contributed by atoms with Gasteiger partial charge in [-0.05, 0) is 36.6 Å². The Morgan fingerprint density at radius 2 is 2.11 bits per heavy atom. The first-order chi connectivity index (χ1) is 8.65. The lowest BCUT2D eigenvalue weighted by Crippen LogP contribution is -2.32. The number of hydrogen-bond acceptors (Lipinski definition) is 3. The van der Waals surface area contributed by atoms with Crippen molar-refractivity contribution in [1.82, 2.24) is 5.32 Å². The van der Waals surface area contributed by atoms with E-state index < -0.39 is 0 Å². The van der Waals surface area contributed by atoms with Crippen molar-refractivity contribution in [3.63, 3.8) is 0 Å². The number of carbonyl (C=O) groups is 1. The molecule has 0 aliphatic carbocycles. The van der Waals surface area contributed by atoms with E-state index in [0.717, 1.165) is 0 Å². The van der Waals surface area contributed by atoms with Crippen LogP contribution in [0.25, 0.3) is 0 Å². The SMILES string of the molecule is CC(CCO)CNC(=O)Nc1ccc(C#N)cc1. The minimum absolute atomic E-state index is 0.125. The Labute approximate surface area is 106 Å². The number of carbonyl (C=O) groups excluding carboxylic acids is 1. The van der Waals surface area contributed by atoms with Crippen molar-refractivity contribution < 1.29 is 9.90 Å². The van der Waals surface area contributed by atoms with Crippen molar-refractivity contribution >= 4 is 11.7 Å². The summed E-state index contributed by atoms with van der Waals surface area (Å²) in [7, 11) is 0. The lowest BCUT2D eigenvalue weighted by Gasteiger charge is -2.12. The van der Waals surface area contributed by atoms with Crippen LogP contribution in [-0.2, 0) is 0 Å². The summed E-state index contributed by atoms with van der Waals surface area (Å²) in [6.45, 7) is 2.60. The highest BCUT2D eigenvalue weighted by atomic mass is 16.3. The van der Waals surface area contributed by atoms with Gasteiger partial charge in [-0.1, -0.05) is 6.92 Å². The second kappa shape index (κ2) is 7.30. The molecule has 0 aromatic heterocycles. The molecule has 1 aromatic carbocycles. The van der Waals surface area contributed by atoms with Gasteiger partial charge in [0.25, 0.3) is 0 Å². The first-order valence-electron chi connectivity index (χ1n) is 5.81. The minimum Gasteiger partial charge on any atom is -0.396 e. The summed E-state index contributed by atoms with van der Waals surface area (Å²) < 4.78 is 0. The van der Waals surface area contributed by atoms with E-state index in [1.807, 2.05) is 13.0 Å². The van der Waals surface area contributed by atoms with Crippen LogP contribution in [0, 0.1) is 17.2 Å². The average molecular weight is 247 g/mol. The van der Waals surface area contributed by atoms with E-state index >= 15 is 0 Å². The molecule has 5 nitrogen and oxygen atoms in total. The third kappa shape index (κ3) is 4.85. The number of nitriles is 1. The molecule has 1 unspecified atom stereocenters. The third-order valence-electron chi connectivity index (χ3n) is 2.50. The molecule has 0 bridgehead atoms. The van der Waals surface area contributed by atoms with Crippen LogP contribution in [0.1, 0.15) is 18.9 Å². The molecule has 1 atom stereocenters. The molecule has 0 aliphatic rings. The standard InChI is InChI=1S/C13H17N3O2/c1-10(6-7-17)9-15-13(18)16-12-4-2-11(8-14)3-5-12/h2-5,10,17H,6-7,9H2,1H3,(H2,15,16,18). The number of rotatable bonds is 5. The van der Waals surface area contributed by atoms with Gasteiger partial charge in [-0.25, -0.2) is 4.79 Å². The zero-order valence-corrected chi connectivity index (χ0v) is 10.3. The van der Waals surface area contributed by atoms with Gasteiger partial charge in [-0.3, -0.25) is 0 Å². The van der Waals surface area contributed by atoms with Gasteiger partial charge in [0, 0.05) is 18.8 Å². The van der Waals surface area contributed by atoms with Gasteiger partial charge in [0.15, 0.2) is 0 Å². The molecule has 5 heteroatoms. The van der Waals surface area contributed by atoms with Crippen LogP contribution in [0.3, 0.4) is 0 Å². The van der Waals surface area contributed by atoms with Crippen molar-refractivity contribution in [1.29, 1.82) is 5.26 Å². The molecule has 1 rings (SSSR count). The molecule has 0 heterocycles. The van der Waals surface area contributed by atoms with Crippen LogP contribution in [0.2, 0.25) is 0 Å². The second-order valence-electron chi connectivity index (χ2n) is 4.14. The van der Waals surface area contributed by atoms with Gasteiger partial charge in [0.05, 0.1) is 11.6 Å². The number of benzene rings is 1. The number of nitrogens with one attached hydrogen (secondary N) is 2. The largest absolute Gasteiger partial charge is 0.396 e. The molecule has 0 spiro atoms. The predicted molar refractivity (Wildman–Crippen MR) is 69.0 cm³/mol. The Kier molecular flexibility index (Phi) is 5.68. The number of nitrogens with zero attached hydrogens (tertiary/aromatic N) is 1. The van der Waals surface area contributed by atoms with Crippen LogP contribution in [0.4, 0.5) is 10.5 Å². The van der Waals surface area contributed by atoms with Gasteiger partial charge in [-0.2, -0.15) is 5.26 Å². The van der Waals surface area contributed by atoms with Gasteiger partial charge in [0.2, 0.25) is 0 Å². The third-order valence-corrected chi connectivity index (χ3v) is 2.50. The summed E-state index contributed by atoms with van der Waals surface area (Å²) in [4.78, 5) is 11.5. The summed E-state index contributed by atoms with van der Waals surface area (Å²) in [6.07, 6.45) is 0.664. The van der Waals surface area contributed by atoms with Crippen molar-refractivity contribution in [2.45, 2.75) is 13.3 Å². The Morgan fingerprint density at radius 1 is 1.44 bits per heavy atom. The fourth-order valence-electron chi connectivity index (χ4n) is 1.39. The molecule has 96 valence electrons. The zero-order valence-electron chi connectivity index (χ0n) is 10.3. The molecule has 0 fully saturated rings. The number of urea groups is 1. The summed E-state index contributed by atoms with van der Waals surface area (Å²) in [6, 6.07) is 8.36. The van der Waals surface area contributed by atoms with E-state index in [1.54, 1.807) is 24.3 Å². The van der Waals surface area contributed by atoms with E-state index in [9.17, 15) is 4.79 Å². The maximum atomic E-state index is 11.5. The van der Waals surface area contributed by atoms with Gasteiger partial charge in [-0.15, -0.1) is 0 Å². The van der Waals surface area contributed by atoms with E-state index in [2.05, 4.69) is 10.6 Å². The molecule has 1 aromatic rings. The maximum absolute atomic E-state index is 11.5. The minimum atomic E-state index is -0.288. The van der Waals surface area contributed by atoms with E-state index in [-0.39, 0.29) is 18.6 Å². The van der Waals surface area contributed by atoms with Gasteiger partial charge >= 0.3 is 6.03 Å². The van der Waals surface area contributed by atoms with Crippen LogP contribution >= 0.6 is 0 Å². The Balaban J connectivity index is 2.37. The first kappa shape index (κ1) is 14.0. The summed E-state index contributed by atoms with van der Waals surface area (Å²) >= 11 is 0. The lowest BCUT2D eigenvalue weighted by atomic mass is 10.1. The molecule has 3 N–H and O–H groups in total. The van der Waals surface area contributed by atoms with Gasteiger partial charge < -0.3 is 15.7 Å². The molecule has 2 amide bonds. The van der Waals surface area contributed by atoms with E-state index in [0.29, 0.717) is 24.2 Å². The molecule has 0 saturated heterocycles. The first-order valence-corrected chi connectivity index (χ1v) is 5.81. The second-order valence-corrected chi connectivity index (χ2v) is 4.14. The Bertz CT molecular complexity index is 423. The Hall–Kier alpha value is -2.06. The fourth-order valence-corrected chi connectivity index (χ4v) is 1.39. The molecular formula is C13H17N3O2. The topological polar surface area (TPSA) is 85.2 Å². The van der Waals surface area contributed by atoms with Crippen molar-refractivity contribution in [3.05, 3.63) is 29.8 Å². The zero-order chi connectivity index (χ0) is 13.4. The van der Waals surface area contributed by atoms with Crippen molar-refractivity contribution in [2.24, 2.45) is 5.92 Å². The molecule has 0 radical (unpaired) electrons. The van der Waals surface area contributed by atoms with E-state index in [4.69, 9.17) is 10.4 Å². The number of aliphatic hydroxyl groups excluding tert-OH is 1. The molecular weight excluding hydrogens is 230 g/mol. The number of amides is 2. The summed E-state index contributed by atoms with van der Waals surface area (Å²) in [5, 5.41) is 22.8. The lowest BCUT2D eigenvalue weighted by molar-refractivity contribution is 0.243. The highest BCUT2D eigenvalue weighted by Crippen LogP contribution is 2.08. The average Bonchev–Trinajstić information content (AvgIpc) is 2.38. The van der Waals surface area contributed by atoms with E-state index in [1.165, 1.54) is 0 Å². The Morgan fingerprint density at radius 3 is 2.67 bits per heavy atom. The van der Waals surface area contributed by atoms with Crippen LogP contribution in [-0.4, -0.2) is 24.3 Å². The van der Waals surface area contributed by atoms with Crippen molar-refractivity contribution in [3.8, 4) is 6.07 Å². The monoisotopic (exact) mass is 247 g/mol. The summed E-state index contributed by atoms with van der Waals surface area (Å²) in [5.41, 5.74) is 1.19. The fraction of sp³-hybridized carbons (Fsp3) is 0.385. The highest BCUT2D eigenvalue weighted by molar-refractivity contribution is 5.89. The summed E-state index contributed by atoms with van der Waals surface area (Å²) in [5.74, 6) is 0.238. The molecule has 18 heavy (non-hydrogen) atoms. The maximum Gasteiger partial charge on any atom is 0.319 e. The predicted octanol–water partition coefficient (Wildman–Crippen LogP) is 1.70. The number of anilines is 1. The molecule has 0 saturated carbocycles. The van der Waals surface area contributed by atoms with Gasteiger partial charge in [0.1, 0.15) is 0 Å². The quantitative estimate of drug-likeness (QED) is 0.740. The smallest absolute Gasteiger partial charge is 0.319 e. The highest BCUT2D eigenvalue weighted by Gasteiger charge is 2.05. The van der Waals surface area contributed by atoms with Crippen molar-refractivity contribution in [2.75, 3.05) is 18.5 Å². The molecule has 0 aliphatic heterocycles. The van der Waals surface area contributed by atoms with Crippen LogP contribution in [0.5, 0.6) is 0 Å². The number of aliphatic hydroxyl groups is 1.